The largest absolute Gasteiger partial charge is 0.310 e. The fourth-order valence-electron chi connectivity index (χ4n) is 3.02. The number of anilines is 1. The van der Waals surface area contributed by atoms with Gasteiger partial charge in [0.05, 0.1) is 11.9 Å². The maximum atomic E-state index is 14.2. The lowest BCUT2D eigenvalue weighted by Crippen LogP contribution is -2.25. The Hall–Kier alpha value is -2.95. The molecule has 4 nitrogen and oxygen atoms in total. The summed E-state index contributed by atoms with van der Waals surface area (Å²) in [5.41, 5.74) is 2.21. The minimum atomic E-state index is -0.322. The Bertz CT molecular complexity index is 873. The molecular weight excluding hydrogens is 293 g/mol. The number of nitrogens with zero attached hydrogens (tertiary/aromatic N) is 2. The topological polar surface area (TPSA) is 46.9 Å². The second-order valence-corrected chi connectivity index (χ2v) is 5.52. The highest BCUT2D eigenvalue weighted by molar-refractivity contribution is 5.94. The molecule has 1 aromatic heterocycles. The number of hydrogen-bond acceptors (Lipinski definition) is 2. The van der Waals surface area contributed by atoms with Crippen molar-refractivity contribution in [1.82, 2.24) is 9.78 Å². The number of aromatic nitrogens is 2. The van der Waals surface area contributed by atoms with Gasteiger partial charge in [-0.05, 0) is 23.8 Å². The first-order valence-corrected chi connectivity index (χ1v) is 7.41. The number of amides is 1. The van der Waals surface area contributed by atoms with E-state index in [2.05, 4.69) is 10.4 Å². The molecule has 1 unspecified atom stereocenters. The molecular formula is C18H14FN3O. The fraction of sp³-hybridized carbons (Fsp3) is 0.111. The summed E-state index contributed by atoms with van der Waals surface area (Å²) in [4.78, 5) is 12.1. The number of nitrogens with one attached hydrogen (secondary N) is 1. The molecule has 0 fully saturated rings. The van der Waals surface area contributed by atoms with Crippen LogP contribution in [0.3, 0.4) is 0 Å². The Morgan fingerprint density at radius 2 is 1.78 bits per heavy atom. The van der Waals surface area contributed by atoms with E-state index in [-0.39, 0.29) is 24.1 Å². The Kier molecular flexibility index (Phi) is 3.19. The van der Waals surface area contributed by atoms with Crippen molar-refractivity contribution < 1.29 is 9.18 Å². The van der Waals surface area contributed by atoms with Gasteiger partial charge >= 0.3 is 0 Å². The molecule has 1 aliphatic rings. The maximum Gasteiger partial charge on any atom is 0.226 e. The molecule has 1 atom stereocenters. The summed E-state index contributed by atoms with van der Waals surface area (Å²) in [7, 11) is 0. The van der Waals surface area contributed by atoms with Gasteiger partial charge in [0, 0.05) is 17.9 Å². The number of fused-ring (bicyclic) bond motifs is 1. The van der Waals surface area contributed by atoms with E-state index in [0.29, 0.717) is 11.4 Å². The second-order valence-electron chi connectivity index (χ2n) is 5.52. The van der Waals surface area contributed by atoms with E-state index >= 15 is 0 Å². The smallest absolute Gasteiger partial charge is 0.226 e. The number of carbonyl (C=O) groups excluding carboxylic acids is 1. The summed E-state index contributed by atoms with van der Waals surface area (Å²) >= 11 is 0. The molecule has 2 aromatic carbocycles. The van der Waals surface area contributed by atoms with Crippen LogP contribution in [0.15, 0.2) is 60.8 Å². The molecule has 1 aliphatic heterocycles. The average Bonchev–Trinajstić information content (AvgIpc) is 2.99. The van der Waals surface area contributed by atoms with Crippen molar-refractivity contribution in [3.63, 3.8) is 0 Å². The van der Waals surface area contributed by atoms with Gasteiger partial charge < -0.3 is 5.32 Å². The van der Waals surface area contributed by atoms with Crippen LogP contribution >= 0.6 is 0 Å². The Morgan fingerprint density at radius 1 is 1.04 bits per heavy atom. The molecule has 0 bridgehead atoms. The lowest BCUT2D eigenvalue weighted by Gasteiger charge is -2.24. The Balaban J connectivity index is 1.85. The Morgan fingerprint density at radius 3 is 2.57 bits per heavy atom. The van der Waals surface area contributed by atoms with Crippen LogP contribution in [0.1, 0.15) is 23.5 Å². The van der Waals surface area contributed by atoms with Gasteiger partial charge in [0.2, 0.25) is 5.91 Å². The van der Waals surface area contributed by atoms with Crippen LogP contribution in [0.5, 0.6) is 0 Å². The molecule has 4 rings (SSSR count). The lowest BCUT2D eigenvalue weighted by molar-refractivity contribution is -0.116. The van der Waals surface area contributed by atoms with Gasteiger partial charge in [-0.1, -0.05) is 36.4 Å². The summed E-state index contributed by atoms with van der Waals surface area (Å²) < 4.78 is 15.8. The van der Waals surface area contributed by atoms with E-state index < -0.39 is 0 Å². The SMILES string of the molecule is O=C1CC(c2ccccc2F)c2cnn(-c3ccccc3)c2N1. The van der Waals surface area contributed by atoms with Crippen LogP contribution in [0.25, 0.3) is 5.69 Å². The second kappa shape index (κ2) is 5.35. The lowest BCUT2D eigenvalue weighted by atomic mass is 9.87. The molecule has 1 N–H and O–H groups in total. The molecule has 2 heterocycles. The quantitative estimate of drug-likeness (QED) is 0.788. The zero-order chi connectivity index (χ0) is 15.8. The van der Waals surface area contributed by atoms with Crippen molar-refractivity contribution in [2.24, 2.45) is 0 Å². The van der Waals surface area contributed by atoms with E-state index in [9.17, 15) is 9.18 Å². The maximum absolute atomic E-state index is 14.2. The zero-order valence-electron chi connectivity index (χ0n) is 12.2. The van der Waals surface area contributed by atoms with Crippen molar-refractivity contribution in [3.05, 3.63) is 77.7 Å². The van der Waals surface area contributed by atoms with E-state index in [4.69, 9.17) is 0 Å². The van der Waals surface area contributed by atoms with Gasteiger partial charge in [-0.25, -0.2) is 9.07 Å². The third-order valence-corrected chi connectivity index (χ3v) is 4.10. The van der Waals surface area contributed by atoms with E-state index in [1.165, 1.54) is 6.07 Å². The predicted octanol–water partition coefficient (Wildman–Crippen LogP) is 3.49. The van der Waals surface area contributed by atoms with E-state index in [0.717, 1.165) is 11.3 Å². The van der Waals surface area contributed by atoms with Gasteiger partial charge in [-0.3, -0.25) is 4.79 Å². The molecule has 0 saturated heterocycles. The zero-order valence-corrected chi connectivity index (χ0v) is 12.2. The van der Waals surface area contributed by atoms with Crippen LogP contribution in [-0.4, -0.2) is 15.7 Å². The third kappa shape index (κ3) is 2.30. The van der Waals surface area contributed by atoms with E-state index in [1.54, 1.807) is 29.1 Å². The normalized spacial score (nSPS) is 16.7. The van der Waals surface area contributed by atoms with Gasteiger partial charge in [0.15, 0.2) is 0 Å². The van der Waals surface area contributed by atoms with Gasteiger partial charge in [-0.2, -0.15) is 5.10 Å². The van der Waals surface area contributed by atoms with Crippen molar-refractivity contribution in [2.75, 3.05) is 5.32 Å². The molecule has 114 valence electrons. The molecule has 0 aliphatic carbocycles. The number of carbonyl (C=O) groups is 1. The summed E-state index contributed by atoms with van der Waals surface area (Å²) in [6, 6.07) is 16.1. The van der Waals surface area contributed by atoms with Crippen LogP contribution in [0, 0.1) is 5.82 Å². The fourth-order valence-corrected chi connectivity index (χ4v) is 3.02. The highest BCUT2D eigenvalue weighted by atomic mass is 19.1. The van der Waals surface area contributed by atoms with Crippen LogP contribution in [-0.2, 0) is 4.79 Å². The number of hydrogen-bond donors (Lipinski definition) is 1. The third-order valence-electron chi connectivity index (χ3n) is 4.10. The molecule has 0 radical (unpaired) electrons. The summed E-state index contributed by atoms with van der Waals surface area (Å²) in [6.45, 7) is 0. The first-order chi connectivity index (χ1) is 11.2. The number of benzene rings is 2. The Labute approximate surface area is 132 Å². The van der Waals surface area contributed by atoms with E-state index in [1.807, 2.05) is 30.3 Å². The number of para-hydroxylation sites is 1. The van der Waals surface area contributed by atoms with Crippen LogP contribution in [0.2, 0.25) is 0 Å². The van der Waals surface area contributed by atoms with Crippen LogP contribution in [0.4, 0.5) is 10.2 Å². The number of rotatable bonds is 2. The van der Waals surface area contributed by atoms with Crippen molar-refractivity contribution in [3.8, 4) is 5.69 Å². The minimum absolute atomic E-state index is 0.136. The summed E-state index contributed by atoms with van der Waals surface area (Å²) in [5.74, 6) is -0.146. The molecule has 5 heteroatoms. The average molecular weight is 307 g/mol. The number of halogens is 1. The molecule has 0 saturated carbocycles. The summed E-state index contributed by atoms with van der Waals surface area (Å²) in [5, 5.41) is 7.25. The van der Waals surface area contributed by atoms with Gasteiger partial charge in [0.25, 0.3) is 0 Å². The first-order valence-electron chi connectivity index (χ1n) is 7.41. The van der Waals surface area contributed by atoms with Crippen LogP contribution < -0.4 is 5.32 Å². The predicted molar refractivity (Wildman–Crippen MR) is 85.1 cm³/mol. The standard InChI is InChI=1S/C18H14FN3O/c19-16-9-5-4-8-13(16)14-10-17(23)21-18-15(14)11-20-22(18)12-6-2-1-3-7-12/h1-9,11,14H,10H2,(H,21,23). The highest BCUT2D eigenvalue weighted by Gasteiger charge is 2.31. The molecule has 23 heavy (non-hydrogen) atoms. The van der Waals surface area contributed by atoms with Gasteiger partial charge in [-0.15, -0.1) is 0 Å². The molecule has 1 amide bonds. The molecule has 3 aromatic rings. The van der Waals surface area contributed by atoms with Crippen molar-refractivity contribution >= 4 is 11.7 Å². The van der Waals surface area contributed by atoms with Crippen molar-refractivity contribution in [1.29, 1.82) is 0 Å². The first kappa shape index (κ1) is 13.7. The van der Waals surface area contributed by atoms with Crippen molar-refractivity contribution in [2.45, 2.75) is 12.3 Å². The minimum Gasteiger partial charge on any atom is -0.310 e. The van der Waals surface area contributed by atoms with Gasteiger partial charge in [0.1, 0.15) is 11.6 Å². The monoisotopic (exact) mass is 307 g/mol. The summed E-state index contributed by atoms with van der Waals surface area (Å²) in [6.07, 6.45) is 1.92. The molecule has 0 spiro atoms. The highest BCUT2D eigenvalue weighted by Crippen LogP contribution is 2.38.